The molecule has 0 bridgehead atoms. The average Bonchev–Trinajstić information content (AvgIpc) is 2.61. The van der Waals surface area contributed by atoms with Crippen molar-refractivity contribution in [3.8, 4) is 11.1 Å². The van der Waals surface area contributed by atoms with Crippen molar-refractivity contribution in [1.82, 2.24) is 4.90 Å². The van der Waals surface area contributed by atoms with E-state index in [1.165, 1.54) is 21.6 Å². The first-order valence-corrected chi connectivity index (χ1v) is 9.62. The van der Waals surface area contributed by atoms with Crippen molar-refractivity contribution in [2.45, 2.75) is 37.6 Å². The van der Waals surface area contributed by atoms with E-state index in [4.69, 9.17) is 9.98 Å². The predicted octanol–water partition coefficient (Wildman–Crippen LogP) is 5.07. The molecule has 0 unspecified atom stereocenters. The smallest absolute Gasteiger partial charge is 0.170 e. The van der Waals surface area contributed by atoms with Crippen LogP contribution >= 0.6 is 11.8 Å². The first-order valence-electron chi connectivity index (χ1n) is 8.81. The molecule has 3 nitrogen and oxygen atoms in total. The minimum Gasteiger partial charge on any atom is -0.305 e. The summed E-state index contributed by atoms with van der Waals surface area (Å²) in [7, 11) is 0. The lowest BCUT2D eigenvalue weighted by Crippen LogP contribution is -2.43. The summed E-state index contributed by atoms with van der Waals surface area (Å²) in [6.45, 7) is 8.34. The van der Waals surface area contributed by atoms with Gasteiger partial charge in [-0.15, -0.1) is 0 Å². The largest absolute Gasteiger partial charge is 0.305 e. The van der Waals surface area contributed by atoms with Gasteiger partial charge in [-0.05, 0) is 50.5 Å². The zero-order valence-corrected chi connectivity index (χ0v) is 15.8. The second-order valence-corrected chi connectivity index (χ2v) is 8.46. The molecule has 0 aromatic heterocycles. The quantitative estimate of drug-likeness (QED) is 0.719. The fraction of sp³-hybridized carbons (Fsp3) is 0.333. The third-order valence-corrected chi connectivity index (χ3v) is 5.32. The molecule has 2 aromatic carbocycles. The average molecular weight is 350 g/mol. The summed E-state index contributed by atoms with van der Waals surface area (Å²) < 4.78 is 0. The summed E-state index contributed by atoms with van der Waals surface area (Å²) in [6.07, 6.45) is 1.08. The molecule has 4 heteroatoms. The van der Waals surface area contributed by atoms with Crippen LogP contribution in [0.15, 0.2) is 63.4 Å². The Labute approximate surface area is 153 Å². The number of nitrogens with zero attached hydrogens (tertiary/aromatic N) is 3. The summed E-state index contributed by atoms with van der Waals surface area (Å²) in [4.78, 5) is 13.4. The van der Waals surface area contributed by atoms with Gasteiger partial charge in [0, 0.05) is 23.5 Å². The maximum Gasteiger partial charge on any atom is 0.170 e. The van der Waals surface area contributed by atoms with E-state index in [-0.39, 0.29) is 5.54 Å². The van der Waals surface area contributed by atoms with Crippen LogP contribution in [0, 0.1) is 0 Å². The van der Waals surface area contributed by atoms with Crippen molar-refractivity contribution in [3.63, 3.8) is 0 Å². The minimum absolute atomic E-state index is 0.0909. The molecule has 2 aliphatic heterocycles. The predicted molar refractivity (Wildman–Crippen MR) is 108 cm³/mol. The van der Waals surface area contributed by atoms with E-state index in [1.807, 2.05) is 0 Å². The Balaban J connectivity index is 1.81. The van der Waals surface area contributed by atoms with Gasteiger partial charge in [0.15, 0.2) is 5.17 Å². The molecule has 0 aliphatic carbocycles. The van der Waals surface area contributed by atoms with E-state index in [0.29, 0.717) is 0 Å². The molecule has 128 valence electrons. The van der Waals surface area contributed by atoms with Gasteiger partial charge in [0.25, 0.3) is 0 Å². The van der Waals surface area contributed by atoms with Crippen molar-refractivity contribution < 1.29 is 0 Å². The lowest BCUT2D eigenvalue weighted by molar-refractivity contribution is 0.527. The summed E-state index contributed by atoms with van der Waals surface area (Å²) in [5.74, 6) is 1.08. The standard InChI is InChI=1S/C21H23N3S/c1-21(2,3)23-20-24-13-7-12-22-19(24)17-14-16(10-11-18(17)25-20)15-8-5-4-6-9-15/h4-6,8-11,14H,7,12-13H2,1-3H3. The van der Waals surface area contributed by atoms with Crippen LogP contribution in [-0.4, -0.2) is 34.5 Å². The Hall–Kier alpha value is -2.07. The van der Waals surface area contributed by atoms with Crippen molar-refractivity contribution in [2.75, 3.05) is 13.1 Å². The van der Waals surface area contributed by atoms with E-state index in [9.17, 15) is 0 Å². The van der Waals surface area contributed by atoms with Crippen LogP contribution in [0.2, 0.25) is 0 Å². The van der Waals surface area contributed by atoms with Crippen LogP contribution in [0.4, 0.5) is 0 Å². The molecule has 0 saturated carbocycles. The molecule has 0 fully saturated rings. The Kier molecular flexibility index (Phi) is 4.16. The summed E-state index contributed by atoms with van der Waals surface area (Å²) >= 11 is 1.77. The topological polar surface area (TPSA) is 28.0 Å². The molecule has 0 N–H and O–H groups in total. The van der Waals surface area contributed by atoms with Gasteiger partial charge in [-0.2, -0.15) is 0 Å². The number of rotatable bonds is 1. The maximum atomic E-state index is 4.96. The number of hydrogen-bond acceptors (Lipinski definition) is 3. The second kappa shape index (κ2) is 6.34. The number of thioether (sulfide) groups is 1. The van der Waals surface area contributed by atoms with Gasteiger partial charge in [0.2, 0.25) is 0 Å². The number of hydrogen-bond donors (Lipinski definition) is 0. The van der Waals surface area contributed by atoms with Crippen LogP contribution < -0.4 is 0 Å². The number of aliphatic imine (C=N–C) groups is 2. The van der Waals surface area contributed by atoms with Crippen molar-refractivity contribution >= 4 is 22.8 Å². The Morgan fingerprint density at radius 1 is 1.04 bits per heavy atom. The maximum absolute atomic E-state index is 4.96. The minimum atomic E-state index is -0.0909. The normalized spacial score (nSPS) is 18.6. The first-order chi connectivity index (χ1) is 12.0. The highest BCUT2D eigenvalue weighted by molar-refractivity contribution is 8.14. The zero-order valence-electron chi connectivity index (χ0n) is 15.0. The van der Waals surface area contributed by atoms with E-state index in [0.717, 1.165) is 30.5 Å². The van der Waals surface area contributed by atoms with Crippen LogP contribution in [0.1, 0.15) is 32.8 Å². The van der Waals surface area contributed by atoms with Gasteiger partial charge in [0.05, 0.1) is 5.54 Å². The van der Waals surface area contributed by atoms with Crippen LogP contribution in [0.3, 0.4) is 0 Å². The fourth-order valence-electron chi connectivity index (χ4n) is 3.15. The van der Waals surface area contributed by atoms with E-state index in [2.05, 4.69) is 74.2 Å². The van der Waals surface area contributed by atoms with Gasteiger partial charge < -0.3 is 4.90 Å². The van der Waals surface area contributed by atoms with E-state index in [1.54, 1.807) is 11.8 Å². The Bertz CT molecular complexity index is 847. The zero-order chi connectivity index (χ0) is 17.4. The number of amidine groups is 2. The van der Waals surface area contributed by atoms with Crippen molar-refractivity contribution in [2.24, 2.45) is 9.98 Å². The molecule has 2 aromatic rings. The third kappa shape index (κ3) is 3.36. The van der Waals surface area contributed by atoms with Gasteiger partial charge in [0.1, 0.15) is 5.84 Å². The highest BCUT2D eigenvalue weighted by Crippen LogP contribution is 2.37. The molecular formula is C21H23N3S. The highest BCUT2D eigenvalue weighted by atomic mass is 32.2. The SMILES string of the molecule is CC(C)(C)N=C1Sc2ccc(-c3ccccc3)cc2C2=NCCCN12. The fourth-order valence-corrected chi connectivity index (χ4v) is 4.35. The van der Waals surface area contributed by atoms with Gasteiger partial charge in [-0.25, -0.2) is 0 Å². The monoisotopic (exact) mass is 349 g/mol. The van der Waals surface area contributed by atoms with Gasteiger partial charge in [-0.1, -0.05) is 48.2 Å². The molecule has 0 saturated heterocycles. The van der Waals surface area contributed by atoms with Crippen LogP contribution in [0.25, 0.3) is 11.1 Å². The Morgan fingerprint density at radius 2 is 1.84 bits per heavy atom. The van der Waals surface area contributed by atoms with Crippen molar-refractivity contribution in [1.29, 1.82) is 0 Å². The lowest BCUT2D eigenvalue weighted by atomic mass is 10.0. The molecule has 0 atom stereocenters. The second-order valence-electron chi connectivity index (χ2n) is 7.45. The molecule has 4 rings (SSSR count). The number of benzene rings is 2. The first kappa shape index (κ1) is 16.4. The number of fused-ring (bicyclic) bond motifs is 3. The van der Waals surface area contributed by atoms with Crippen LogP contribution in [0.5, 0.6) is 0 Å². The Morgan fingerprint density at radius 3 is 2.60 bits per heavy atom. The highest BCUT2D eigenvalue weighted by Gasteiger charge is 2.31. The van der Waals surface area contributed by atoms with Crippen molar-refractivity contribution in [3.05, 3.63) is 54.1 Å². The molecule has 0 radical (unpaired) electrons. The summed E-state index contributed by atoms with van der Waals surface area (Å²) in [5.41, 5.74) is 3.63. The molecule has 0 amide bonds. The van der Waals surface area contributed by atoms with E-state index < -0.39 is 0 Å². The van der Waals surface area contributed by atoms with E-state index >= 15 is 0 Å². The van der Waals surface area contributed by atoms with Gasteiger partial charge >= 0.3 is 0 Å². The molecular weight excluding hydrogens is 326 g/mol. The van der Waals surface area contributed by atoms with Gasteiger partial charge in [-0.3, -0.25) is 9.98 Å². The summed E-state index contributed by atoms with van der Waals surface area (Å²) in [6, 6.07) is 17.2. The summed E-state index contributed by atoms with van der Waals surface area (Å²) in [5, 5.41) is 1.07. The molecule has 25 heavy (non-hydrogen) atoms. The third-order valence-electron chi connectivity index (χ3n) is 4.25. The molecule has 2 heterocycles. The lowest BCUT2D eigenvalue weighted by Gasteiger charge is -2.36. The molecule has 2 aliphatic rings. The molecule has 0 spiro atoms. The van der Waals surface area contributed by atoms with Crippen LogP contribution in [-0.2, 0) is 0 Å².